The minimum absolute atomic E-state index is 0.0554. The summed E-state index contributed by atoms with van der Waals surface area (Å²) in [5.74, 6) is -1.32. The third-order valence-electron chi connectivity index (χ3n) is 1.45. The van der Waals surface area contributed by atoms with Crippen LogP contribution in [0.25, 0.3) is 0 Å². The normalized spacial score (nSPS) is 10.4. The number of hydrogen-bond donors (Lipinski definition) is 2. The van der Waals surface area contributed by atoms with Crippen molar-refractivity contribution in [2.75, 3.05) is 26.4 Å². The minimum atomic E-state index is -0.660. The maximum atomic E-state index is 10.9. The standard InChI is InChI=1S/C10H16O6/c11-5-1-7-15-9(13)3-4-10(14)16-8-2-6-12/h3-4,11-12H,1-2,5-8H2. The molecule has 0 atom stereocenters. The highest BCUT2D eigenvalue weighted by Gasteiger charge is 2.00. The van der Waals surface area contributed by atoms with E-state index in [9.17, 15) is 9.59 Å². The number of carbonyl (C=O) groups is 2. The summed E-state index contributed by atoms with van der Waals surface area (Å²) in [5.41, 5.74) is 0. The fourth-order valence-corrected chi connectivity index (χ4v) is 0.707. The second-order valence-corrected chi connectivity index (χ2v) is 2.82. The molecular formula is C10H16O6. The fourth-order valence-electron chi connectivity index (χ4n) is 0.707. The number of ether oxygens (including phenoxy) is 2. The summed E-state index contributed by atoms with van der Waals surface area (Å²) in [6.45, 7) is 0.110. The van der Waals surface area contributed by atoms with Gasteiger partial charge < -0.3 is 19.7 Å². The summed E-state index contributed by atoms with van der Waals surface area (Å²) < 4.78 is 9.25. The third kappa shape index (κ3) is 9.17. The van der Waals surface area contributed by atoms with Crippen LogP contribution < -0.4 is 0 Å². The van der Waals surface area contributed by atoms with Gasteiger partial charge in [0.2, 0.25) is 0 Å². The smallest absolute Gasteiger partial charge is 0.331 e. The number of rotatable bonds is 8. The lowest BCUT2D eigenvalue weighted by Crippen LogP contribution is -2.07. The van der Waals surface area contributed by atoms with Crippen molar-refractivity contribution in [3.8, 4) is 0 Å². The topological polar surface area (TPSA) is 93.1 Å². The maximum Gasteiger partial charge on any atom is 0.331 e. The molecule has 0 aromatic heterocycles. The van der Waals surface area contributed by atoms with Gasteiger partial charge in [-0.2, -0.15) is 0 Å². The Morgan fingerprint density at radius 3 is 1.56 bits per heavy atom. The largest absolute Gasteiger partial charge is 0.462 e. The van der Waals surface area contributed by atoms with Crippen LogP contribution in [0.4, 0.5) is 0 Å². The maximum absolute atomic E-state index is 10.9. The molecule has 0 rings (SSSR count). The fraction of sp³-hybridized carbons (Fsp3) is 0.600. The van der Waals surface area contributed by atoms with Crippen LogP contribution in [0.5, 0.6) is 0 Å². The van der Waals surface area contributed by atoms with Gasteiger partial charge in [-0.25, -0.2) is 9.59 Å². The first-order valence-corrected chi connectivity index (χ1v) is 4.94. The predicted octanol–water partition coefficient (Wildman–Crippen LogP) is -0.606. The summed E-state index contributed by atoms with van der Waals surface area (Å²) in [7, 11) is 0. The molecule has 92 valence electrons. The molecular weight excluding hydrogens is 216 g/mol. The van der Waals surface area contributed by atoms with Gasteiger partial charge in [0, 0.05) is 38.2 Å². The molecule has 0 saturated carbocycles. The SMILES string of the molecule is O=C(C=CC(=O)OCCCO)OCCCO. The first-order valence-electron chi connectivity index (χ1n) is 4.94. The predicted molar refractivity (Wildman–Crippen MR) is 54.5 cm³/mol. The van der Waals surface area contributed by atoms with E-state index in [1.165, 1.54) is 0 Å². The number of esters is 2. The van der Waals surface area contributed by atoms with Crippen molar-refractivity contribution in [2.45, 2.75) is 12.8 Å². The van der Waals surface area contributed by atoms with Crippen molar-refractivity contribution in [1.29, 1.82) is 0 Å². The Morgan fingerprint density at radius 2 is 1.25 bits per heavy atom. The molecule has 0 aliphatic carbocycles. The van der Waals surface area contributed by atoms with Crippen molar-refractivity contribution in [3.63, 3.8) is 0 Å². The molecule has 2 N–H and O–H groups in total. The summed E-state index contributed by atoms with van der Waals surface area (Å²) in [4.78, 5) is 21.8. The van der Waals surface area contributed by atoms with Crippen molar-refractivity contribution in [3.05, 3.63) is 12.2 Å². The van der Waals surface area contributed by atoms with Crippen molar-refractivity contribution >= 4 is 11.9 Å². The van der Waals surface area contributed by atoms with E-state index in [1.54, 1.807) is 0 Å². The van der Waals surface area contributed by atoms with Gasteiger partial charge in [-0.3, -0.25) is 0 Å². The number of hydrogen-bond acceptors (Lipinski definition) is 6. The first kappa shape index (κ1) is 14.6. The van der Waals surface area contributed by atoms with Crippen LogP contribution in [0.3, 0.4) is 0 Å². The van der Waals surface area contributed by atoms with E-state index in [2.05, 4.69) is 9.47 Å². The molecule has 6 nitrogen and oxygen atoms in total. The van der Waals surface area contributed by atoms with Crippen LogP contribution in [0.1, 0.15) is 12.8 Å². The van der Waals surface area contributed by atoms with Gasteiger partial charge in [0.25, 0.3) is 0 Å². The lowest BCUT2D eigenvalue weighted by molar-refractivity contribution is -0.140. The molecule has 0 spiro atoms. The average molecular weight is 232 g/mol. The Bertz CT molecular complexity index is 211. The van der Waals surface area contributed by atoms with Crippen molar-refractivity contribution in [1.82, 2.24) is 0 Å². The molecule has 0 heterocycles. The van der Waals surface area contributed by atoms with E-state index in [1.807, 2.05) is 0 Å². The van der Waals surface area contributed by atoms with Crippen LogP contribution in [0.15, 0.2) is 12.2 Å². The van der Waals surface area contributed by atoms with E-state index in [-0.39, 0.29) is 26.4 Å². The van der Waals surface area contributed by atoms with Gasteiger partial charge in [-0.15, -0.1) is 0 Å². The molecule has 0 radical (unpaired) electrons. The molecule has 16 heavy (non-hydrogen) atoms. The number of aliphatic hydroxyl groups excluding tert-OH is 2. The molecule has 0 aliphatic rings. The second-order valence-electron chi connectivity index (χ2n) is 2.82. The van der Waals surface area contributed by atoms with Crippen molar-refractivity contribution in [2.24, 2.45) is 0 Å². The highest BCUT2D eigenvalue weighted by molar-refractivity contribution is 5.91. The molecule has 0 aliphatic heterocycles. The van der Waals surface area contributed by atoms with E-state index < -0.39 is 11.9 Å². The molecule has 0 unspecified atom stereocenters. The van der Waals surface area contributed by atoms with Crippen LogP contribution in [0.2, 0.25) is 0 Å². The van der Waals surface area contributed by atoms with Crippen molar-refractivity contribution < 1.29 is 29.3 Å². The summed E-state index contributed by atoms with van der Waals surface area (Å²) in [5, 5.41) is 16.8. The number of aliphatic hydroxyl groups is 2. The zero-order valence-electron chi connectivity index (χ0n) is 8.92. The molecule has 0 aromatic rings. The molecule has 0 fully saturated rings. The average Bonchev–Trinajstić information content (AvgIpc) is 2.27. The first-order chi connectivity index (χ1) is 7.70. The zero-order chi connectivity index (χ0) is 12.2. The van der Waals surface area contributed by atoms with Crippen LogP contribution in [0, 0.1) is 0 Å². The van der Waals surface area contributed by atoms with Gasteiger partial charge in [0.1, 0.15) is 0 Å². The molecule has 0 bridgehead atoms. The molecule has 0 saturated heterocycles. The lowest BCUT2D eigenvalue weighted by atomic mass is 10.4. The highest BCUT2D eigenvalue weighted by Crippen LogP contribution is 1.88. The molecule has 6 heteroatoms. The van der Waals surface area contributed by atoms with E-state index in [0.717, 1.165) is 12.2 Å². The van der Waals surface area contributed by atoms with Gasteiger partial charge in [0.05, 0.1) is 13.2 Å². The Kier molecular flexibility index (Phi) is 9.24. The molecule has 0 aromatic carbocycles. The quantitative estimate of drug-likeness (QED) is 0.329. The highest BCUT2D eigenvalue weighted by atomic mass is 16.5. The second kappa shape index (κ2) is 10.1. The van der Waals surface area contributed by atoms with Crippen LogP contribution in [-0.4, -0.2) is 48.6 Å². The summed E-state index contributed by atoms with van der Waals surface area (Å²) >= 11 is 0. The van der Waals surface area contributed by atoms with Gasteiger partial charge in [0.15, 0.2) is 0 Å². The Hall–Kier alpha value is -1.40. The Balaban J connectivity index is 3.63. The van der Waals surface area contributed by atoms with E-state index >= 15 is 0 Å². The third-order valence-corrected chi connectivity index (χ3v) is 1.45. The minimum Gasteiger partial charge on any atom is -0.462 e. The van der Waals surface area contributed by atoms with Crippen LogP contribution >= 0.6 is 0 Å². The lowest BCUT2D eigenvalue weighted by Gasteiger charge is -2.00. The van der Waals surface area contributed by atoms with Crippen LogP contribution in [-0.2, 0) is 19.1 Å². The Morgan fingerprint density at radius 1 is 0.875 bits per heavy atom. The monoisotopic (exact) mass is 232 g/mol. The van der Waals surface area contributed by atoms with Gasteiger partial charge >= 0.3 is 11.9 Å². The Labute approximate surface area is 93.5 Å². The van der Waals surface area contributed by atoms with E-state index in [0.29, 0.717) is 12.8 Å². The summed E-state index contributed by atoms with van der Waals surface area (Å²) in [6.07, 6.45) is 2.64. The van der Waals surface area contributed by atoms with Gasteiger partial charge in [-0.1, -0.05) is 0 Å². The zero-order valence-corrected chi connectivity index (χ0v) is 8.92. The molecule has 0 amide bonds. The number of carbonyl (C=O) groups excluding carboxylic acids is 2. The van der Waals surface area contributed by atoms with E-state index in [4.69, 9.17) is 10.2 Å². The van der Waals surface area contributed by atoms with Gasteiger partial charge in [-0.05, 0) is 0 Å². The summed E-state index contributed by atoms with van der Waals surface area (Å²) in [6, 6.07) is 0.